The summed E-state index contributed by atoms with van der Waals surface area (Å²) in [7, 11) is 1.63. The second-order valence-electron chi connectivity index (χ2n) is 4.25. The lowest BCUT2D eigenvalue weighted by Crippen LogP contribution is -2.29. The van der Waals surface area contributed by atoms with Crippen LogP contribution >= 0.6 is 0 Å². The summed E-state index contributed by atoms with van der Waals surface area (Å²) in [5.74, 6) is -0.124. The molecular formula is C14H20N2O3. The molecule has 0 saturated carbocycles. The molecule has 1 atom stereocenters. The van der Waals surface area contributed by atoms with Crippen molar-refractivity contribution in [2.24, 2.45) is 10.7 Å². The zero-order valence-electron chi connectivity index (χ0n) is 11.1. The quantitative estimate of drug-likeness (QED) is 0.553. The highest BCUT2D eigenvalue weighted by molar-refractivity contribution is 5.79. The molecule has 1 unspecified atom stereocenters. The SMILES string of the molecule is COc1ccc(/C=N/CCCCC(N)C(=O)O)cc1. The van der Waals surface area contributed by atoms with Crippen molar-refractivity contribution in [1.82, 2.24) is 0 Å². The maximum atomic E-state index is 10.5. The fourth-order valence-electron chi connectivity index (χ4n) is 1.55. The Morgan fingerprint density at radius 3 is 2.68 bits per heavy atom. The van der Waals surface area contributed by atoms with Gasteiger partial charge in [-0.1, -0.05) is 0 Å². The van der Waals surface area contributed by atoms with Crippen LogP contribution in [0.4, 0.5) is 0 Å². The van der Waals surface area contributed by atoms with Gasteiger partial charge in [-0.2, -0.15) is 0 Å². The van der Waals surface area contributed by atoms with E-state index in [2.05, 4.69) is 4.99 Å². The van der Waals surface area contributed by atoms with Crippen molar-refractivity contribution in [1.29, 1.82) is 0 Å². The predicted molar refractivity (Wildman–Crippen MR) is 74.9 cm³/mol. The van der Waals surface area contributed by atoms with Crippen molar-refractivity contribution in [3.63, 3.8) is 0 Å². The first-order valence-electron chi connectivity index (χ1n) is 6.25. The Bertz CT molecular complexity index is 415. The number of benzene rings is 1. The van der Waals surface area contributed by atoms with E-state index in [1.54, 1.807) is 13.3 Å². The fourth-order valence-corrected chi connectivity index (χ4v) is 1.55. The van der Waals surface area contributed by atoms with Crippen LogP contribution in [0.15, 0.2) is 29.3 Å². The lowest BCUT2D eigenvalue weighted by atomic mass is 10.1. The number of nitrogens with two attached hydrogens (primary N) is 1. The molecule has 0 saturated heterocycles. The van der Waals surface area contributed by atoms with Gasteiger partial charge in [0.1, 0.15) is 11.8 Å². The molecule has 5 heteroatoms. The minimum atomic E-state index is -0.943. The normalized spacial score (nSPS) is 12.5. The van der Waals surface area contributed by atoms with Crippen molar-refractivity contribution in [3.05, 3.63) is 29.8 Å². The van der Waals surface area contributed by atoms with Crippen molar-refractivity contribution >= 4 is 12.2 Å². The van der Waals surface area contributed by atoms with E-state index < -0.39 is 12.0 Å². The molecule has 1 rings (SSSR count). The Hall–Kier alpha value is -1.88. The maximum Gasteiger partial charge on any atom is 0.320 e. The number of carboxylic acids is 1. The van der Waals surface area contributed by atoms with Crippen LogP contribution in [0.3, 0.4) is 0 Å². The minimum Gasteiger partial charge on any atom is -0.497 e. The minimum absolute atomic E-state index is 0.493. The summed E-state index contributed by atoms with van der Waals surface area (Å²) in [6.45, 7) is 0.679. The van der Waals surface area contributed by atoms with E-state index >= 15 is 0 Å². The topological polar surface area (TPSA) is 84.9 Å². The number of unbranched alkanes of at least 4 members (excludes halogenated alkanes) is 1. The Kier molecular flexibility index (Phi) is 6.60. The Morgan fingerprint density at radius 2 is 2.11 bits per heavy atom. The standard InChI is InChI=1S/C14H20N2O3/c1-19-12-7-5-11(6-8-12)10-16-9-3-2-4-13(15)14(17)18/h5-8,10,13H,2-4,9,15H2,1H3,(H,17,18)/b16-10+. The van der Waals surface area contributed by atoms with E-state index in [4.69, 9.17) is 15.6 Å². The van der Waals surface area contributed by atoms with Gasteiger partial charge in [-0.3, -0.25) is 9.79 Å². The van der Waals surface area contributed by atoms with E-state index in [0.717, 1.165) is 24.2 Å². The highest BCUT2D eigenvalue weighted by Crippen LogP contribution is 2.09. The molecule has 1 aromatic carbocycles. The monoisotopic (exact) mass is 264 g/mol. The van der Waals surface area contributed by atoms with Crippen LogP contribution in [0.25, 0.3) is 0 Å². The molecule has 0 radical (unpaired) electrons. The van der Waals surface area contributed by atoms with Gasteiger partial charge in [0.2, 0.25) is 0 Å². The van der Waals surface area contributed by atoms with Crippen LogP contribution in [-0.2, 0) is 4.79 Å². The summed E-state index contributed by atoms with van der Waals surface area (Å²) < 4.78 is 5.06. The number of hydrogen-bond acceptors (Lipinski definition) is 4. The summed E-state index contributed by atoms with van der Waals surface area (Å²) in [5, 5.41) is 8.61. The van der Waals surface area contributed by atoms with Crippen LogP contribution in [-0.4, -0.2) is 37.0 Å². The average molecular weight is 264 g/mol. The third kappa shape index (κ3) is 6.01. The summed E-state index contributed by atoms with van der Waals surface area (Å²) in [5.41, 5.74) is 6.42. The lowest BCUT2D eigenvalue weighted by molar-refractivity contribution is -0.138. The molecule has 0 bridgehead atoms. The summed E-state index contributed by atoms with van der Waals surface area (Å²) >= 11 is 0. The maximum absolute atomic E-state index is 10.5. The van der Waals surface area contributed by atoms with Crippen LogP contribution in [0, 0.1) is 0 Å². The van der Waals surface area contributed by atoms with Crippen LogP contribution in [0.2, 0.25) is 0 Å². The molecule has 0 aromatic heterocycles. The Balaban J connectivity index is 2.21. The van der Waals surface area contributed by atoms with Crippen molar-refractivity contribution in [2.45, 2.75) is 25.3 Å². The first kappa shape index (κ1) is 15.2. The molecule has 1 aromatic rings. The van der Waals surface area contributed by atoms with E-state index in [1.807, 2.05) is 24.3 Å². The molecule has 0 heterocycles. The number of aliphatic carboxylic acids is 1. The van der Waals surface area contributed by atoms with Crippen molar-refractivity contribution in [3.8, 4) is 5.75 Å². The summed E-state index contributed by atoms with van der Waals surface area (Å²) in [6.07, 6.45) is 3.91. The highest BCUT2D eigenvalue weighted by Gasteiger charge is 2.09. The van der Waals surface area contributed by atoms with Crippen molar-refractivity contribution in [2.75, 3.05) is 13.7 Å². The third-order valence-electron chi connectivity index (χ3n) is 2.73. The second kappa shape index (κ2) is 8.26. The molecule has 5 nitrogen and oxygen atoms in total. The van der Waals surface area contributed by atoms with Gasteiger partial charge < -0.3 is 15.6 Å². The molecule has 3 N–H and O–H groups in total. The number of ether oxygens (including phenoxy) is 1. The highest BCUT2D eigenvalue weighted by atomic mass is 16.5. The van der Waals surface area contributed by atoms with Gasteiger partial charge in [0.15, 0.2) is 0 Å². The number of hydrogen-bond donors (Lipinski definition) is 2. The van der Waals surface area contributed by atoms with Crippen LogP contribution in [0.1, 0.15) is 24.8 Å². The fraction of sp³-hybridized carbons (Fsp3) is 0.429. The van der Waals surface area contributed by atoms with Gasteiger partial charge in [-0.15, -0.1) is 0 Å². The number of aliphatic imine (C=N–C) groups is 1. The Morgan fingerprint density at radius 1 is 1.42 bits per heavy atom. The zero-order chi connectivity index (χ0) is 14.1. The van der Waals surface area contributed by atoms with Crippen LogP contribution < -0.4 is 10.5 Å². The molecule has 104 valence electrons. The van der Waals surface area contributed by atoms with E-state index in [1.165, 1.54) is 0 Å². The van der Waals surface area contributed by atoms with Gasteiger partial charge in [-0.05, 0) is 49.1 Å². The average Bonchev–Trinajstić information content (AvgIpc) is 2.42. The van der Waals surface area contributed by atoms with E-state index in [0.29, 0.717) is 13.0 Å². The summed E-state index contributed by atoms with van der Waals surface area (Å²) in [4.78, 5) is 14.8. The van der Waals surface area contributed by atoms with Crippen molar-refractivity contribution < 1.29 is 14.6 Å². The molecule has 0 fully saturated rings. The van der Waals surface area contributed by atoms with E-state index in [9.17, 15) is 4.79 Å². The molecule has 0 amide bonds. The van der Waals surface area contributed by atoms with Gasteiger partial charge in [0.25, 0.3) is 0 Å². The Labute approximate surface area is 113 Å². The zero-order valence-corrected chi connectivity index (χ0v) is 11.1. The number of carbonyl (C=O) groups is 1. The van der Waals surface area contributed by atoms with Gasteiger partial charge in [0.05, 0.1) is 7.11 Å². The number of rotatable bonds is 8. The number of methoxy groups -OCH3 is 1. The molecule has 19 heavy (non-hydrogen) atoms. The molecule has 0 aliphatic carbocycles. The smallest absolute Gasteiger partial charge is 0.320 e. The number of carboxylic acid groups (broad SMARTS) is 1. The summed E-state index contributed by atoms with van der Waals surface area (Å²) in [6, 6.07) is 6.87. The molecule has 0 aliphatic rings. The van der Waals surface area contributed by atoms with Gasteiger partial charge in [-0.25, -0.2) is 0 Å². The van der Waals surface area contributed by atoms with Gasteiger partial charge >= 0.3 is 5.97 Å². The third-order valence-corrected chi connectivity index (χ3v) is 2.73. The lowest BCUT2D eigenvalue weighted by Gasteiger charge is -2.04. The van der Waals surface area contributed by atoms with Crippen LogP contribution in [0.5, 0.6) is 5.75 Å². The largest absolute Gasteiger partial charge is 0.497 e. The first-order valence-corrected chi connectivity index (χ1v) is 6.25. The molecular weight excluding hydrogens is 244 g/mol. The first-order chi connectivity index (χ1) is 9.13. The van der Waals surface area contributed by atoms with Gasteiger partial charge in [0, 0.05) is 12.8 Å². The molecule has 0 aliphatic heterocycles. The molecule has 0 spiro atoms. The number of nitrogens with zero attached hydrogens (tertiary/aromatic N) is 1. The second-order valence-corrected chi connectivity index (χ2v) is 4.25. The predicted octanol–water partition coefficient (Wildman–Crippen LogP) is 1.70. The van der Waals surface area contributed by atoms with E-state index in [-0.39, 0.29) is 0 Å².